The molecular formula is C21H54La6N4O20-4. The molecule has 0 saturated carbocycles. The number of carboxylic acids is 2. The Labute approximate surface area is 462 Å². The van der Waals surface area contributed by atoms with Crippen molar-refractivity contribution in [2.45, 2.75) is 106 Å². The molecule has 0 spiro atoms. The van der Waals surface area contributed by atoms with Crippen molar-refractivity contribution < 1.29 is 318 Å². The first kappa shape index (κ1) is 101. The zero-order valence-electron chi connectivity index (χ0n) is 27.5. The maximum atomic E-state index is 10.5. The summed E-state index contributed by atoms with van der Waals surface area (Å²) in [6.45, 7) is 0. The number of carboxylic acid groups (broad SMARTS) is 2. The third-order valence-electron chi connectivity index (χ3n) is 5.68. The number of aliphatic carboxylic acids is 2. The standard InChI is InChI=1S/C7H14NO4.C7H12NO4.C7H10NO4.6La.H2N.8H2O/c3*9-6(10)4-2-1-3-5(8-4)7(11)12;;;;;;;;;;;;;;;/h4-7,9-12H,1-3H2;4-6,9-10H,1-3H2,(H,11,12);1-2,4-6,9-10H,3H2,(H,11,12);;;;;;;9*1H2/q3*-1;;;;;;;-1;;;;;;;;. The van der Waals surface area contributed by atoms with Crippen LogP contribution in [0.4, 0.5) is 0 Å². The van der Waals surface area contributed by atoms with Crippen LogP contribution in [0.3, 0.4) is 0 Å². The molecule has 3 aliphatic rings. The van der Waals surface area contributed by atoms with E-state index < -0.39 is 73.3 Å². The van der Waals surface area contributed by atoms with Gasteiger partial charge in [0.2, 0.25) is 0 Å². The van der Waals surface area contributed by atoms with Crippen molar-refractivity contribution in [3.8, 4) is 0 Å². The van der Waals surface area contributed by atoms with Crippen LogP contribution in [0.1, 0.15) is 44.9 Å². The number of carbonyl (C=O) groups is 2. The van der Waals surface area contributed by atoms with Crippen LogP contribution in [0.15, 0.2) is 12.2 Å². The minimum atomic E-state index is -1.61. The number of nitrogens with two attached hydrogens (primary N) is 1. The molecule has 3 rings (SSSR count). The SMILES string of the molecule is O.O.O.O.O.O.O.O.O=C(O)C1CC=CC(C(O)O)[N-]1.O=C(O)C1CCCC(C(O)O)[N-]1.OC(O)C1CCCC(C(O)O)[N-]1.[La].[La].[La].[La].[La].[La].[NH2-]. The number of piperidine rings is 2. The third kappa shape index (κ3) is 44.4. The molecule has 2 fully saturated rings. The summed E-state index contributed by atoms with van der Waals surface area (Å²) in [4.78, 5) is 20.9. The normalized spacial score (nSPS) is 21.5. The van der Waals surface area contributed by atoms with Crippen LogP contribution < -0.4 is 0 Å². The van der Waals surface area contributed by atoms with Crippen LogP contribution in [0.2, 0.25) is 0 Å². The van der Waals surface area contributed by atoms with E-state index in [-0.39, 0.29) is 264 Å². The monoisotopic (exact) mass is 1520 g/mol. The van der Waals surface area contributed by atoms with Crippen molar-refractivity contribution in [3.63, 3.8) is 0 Å². The summed E-state index contributed by atoms with van der Waals surface area (Å²) in [6, 6.07) is -4.16. The molecule has 2 saturated heterocycles. The molecule has 0 aromatic rings. The van der Waals surface area contributed by atoms with Gasteiger partial charge in [-0.1, -0.05) is 68.8 Å². The van der Waals surface area contributed by atoms with Crippen LogP contribution in [0.25, 0.3) is 22.1 Å². The smallest absolute Gasteiger partial charge is 0.285 e. The van der Waals surface area contributed by atoms with Crippen molar-refractivity contribution in [2.24, 2.45) is 0 Å². The van der Waals surface area contributed by atoms with E-state index in [2.05, 4.69) is 16.0 Å². The summed E-state index contributed by atoms with van der Waals surface area (Å²) in [7, 11) is 0. The average molecular weight is 1520 g/mol. The van der Waals surface area contributed by atoms with Gasteiger partial charge >= 0.3 is 0 Å². The molecule has 30 heteroatoms. The second-order valence-corrected chi connectivity index (χ2v) is 8.53. The minimum absolute atomic E-state index is 0. The number of nitrogens with zero attached hydrogens (tertiary/aromatic N) is 3. The van der Waals surface area contributed by atoms with Gasteiger partial charge in [0.05, 0.1) is 0 Å². The maximum absolute atomic E-state index is 10.5. The van der Waals surface area contributed by atoms with Gasteiger partial charge in [0.15, 0.2) is 0 Å². The molecule has 0 aromatic carbocycles. The van der Waals surface area contributed by atoms with Gasteiger partial charge in [0.25, 0.3) is 11.9 Å². The van der Waals surface area contributed by atoms with E-state index in [0.29, 0.717) is 38.5 Å². The van der Waals surface area contributed by atoms with E-state index in [1.165, 1.54) is 6.08 Å². The molecule has 0 aromatic heterocycles. The molecule has 300 valence electrons. The first-order valence-corrected chi connectivity index (χ1v) is 11.5. The van der Waals surface area contributed by atoms with E-state index in [1.807, 2.05) is 0 Å². The topological polar surface area (TPSA) is 564 Å². The summed E-state index contributed by atoms with van der Waals surface area (Å²) in [5.41, 5.74) is 0. The minimum Gasteiger partial charge on any atom is -0.693 e. The van der Waals surface area contributed by atoms with Crippen LogP contribution >= 0.6 is 0 Å². The van der Waals surface area contributed by atoms with E-state index in [1.54, 1.807) is 6.08 Å². The van der Waals surface area contributed by atoms with Gasteiger partial charge < -0.3 is 117 Å². The predicted octanol–water partition coefficient (Wildman–Crippen LogP) is -7.85. The van der Waals surface area contributed by atoms with Crippen molar-refractivity contribution in [3.05, 3.63) is 34.3 Å². The molecule has 28 N–H and O–H groups in total. The van der Waals surface area contributed by atoms with E-state index >= 15 is 0 Å². The van der Waals surface area contributed by atoms with E-state index in [4.69, 9.17) is 51.1 Å². The first-order valence-electron chi connectivity index (χ1n) is 11.5. The summed E-state index contributed by atoms with van der Waals surface area (Å²) in [5, 5.41) is 98.5. The van der Waals surface area contributed by atoms with Crippen molar-refractivity contribution in [1.82, 2.24) is 0 Å². The Balaban J connectivity index is -0.0000000256. The number of hydrogen-bond acceptors (Lipinski definition) is 10. The molecule has 3 heterocycles. The fourth-order valence-electron chi connectivity index (χ4n) is 3.70. The van der Waals surface area contributed by atoms with Gasteiger partial charge in [-0.25, -0.2) is 0 Å². The quantitative estimate of drug-likeness (QED) is 0.0876. The first-order chi connectivity index (χ1) is 16.8. The zero-order chi connectivity index (χ0) is 27.4. The zero-order valence-corrected chi connectivity index (χ0v) is 49.3. The Bertz CT molecular complexity index is 718. The predicted molar refractivity (Wildman–Crippen MR) is 157 cm³/mol. The molecule has 6 atom stereocenters. The molecule has 6 radical (unpaired) electrons. The second kappa shape index (κ2) is 57.1. The molecule has 3 aliphatic heterocycles. The van der Waals surface area contributed by atoms with Crippen molar-refractivity contribution in [2.75, 3.05) is 0 Å². The number of rotatable bonds is 6. The summed E-state index contributed by atoms with van der Waals surface area (Å²) >= 11 is 0. The Hall–Kier alpha value is 5.05. The summed E-state index contributed by atoms with van der Waals surface area (Å²) in [5.74, 6) is -2.02. The molecule has 6 unspecified atom stereocenters. The van der Waals surface area contributed by atoms with Crippen molar-refractivity contribution in [1.29, 1.82) is 0 Å². The van der Waals surface area contributed by atoms with Gasteiger partial charge in [-0.05, 0) is 18.5 Å². The molecule has 51 heavy (non-hydrogen) atoms. The fourth-order valence-corrected chi connectivity index (χ4v) is 3.70. The van der Waals surface area contributed by atoms with Gasteiger partial charge in [-0.15, -0.1) is 6.08 Å². The van der Waals surface area contributed by atoms with Gasteiger partial charge in [0.1, 0.15) is 25.2 Å². The Kier molecular flexibility index (Phi) is 113. The van der Waals surface area contributed by atoms with Crippen LogP contribution in [-0.4, -0.2) is 168 Å². The Morgan fingerprint density at radius 3 is 1.10 bits per heavy atom. The Morgan fingerprint density at radius 1 is 0.490 bits per heavy atom. The van der Waals surface area contributed by atoms with Gasteiger partial charge in [0, 0.05) is 214 Å². The molecule has 0 amide bonds. The fraction of sp³-hybridized carbons (Fsp3) is 0.810. The van der Waals surface area contributed by atoms with Crippen LogP contribution in [0, 0.1) is 214 Å². The molecule has 24 nitrogen and oxygen atoms in total. The van der Waals surface area contributed by atoms with Gasteiger partial charge in [-0.3, -0.25) is 9.59 Å². The van der Waals surface area contributed by atoms with E-state index in [9.17, 15) is 9.59 Å². The molecule has 0 bridgehead atoms. The second-order valence-electron chi connectivity index (χ2n) is 8.53. The number of aliphatic hydroxyl groups excluding tert-OH is 4. The largest absolute Gasteiger partial charge is 0.693 e. The molecular weight excluding hydrogens is 1460 g/mol. The summed E-state index contributed by atoms with van der Waals surface area (Å²) in [6.07, 6.45) is 0.991. The maximum Gasteiger partial charge on any atom is 0.285 e. The average Bonchev–Trinajstić information content (AvgIpc) is 2.85. The Morgan fingerprint density at radius 2 is 0.804 bits per heavy atom. The summed E-state index contributed by atoms with van der Waals surface area (Å²) < 4.78 is 0. The van der Waals surface area contributed by atoms with Gasteiger partial charge in [-0.2, -0.15) is 0 Å². The van der Waals surface area contributed by atoms with Crippen LogP contribution in [-0.2, 0) is 9.59 Å². The van der Waals surface area contributed by atoms with E-state index in [0.717, 1.165) is 6.42 Å². The van der Waals surface area contributed by atoms with Crippen molar-refractivity contribution >= 4 is 11.9 Å². The van der Waals surface area contributed by atoms with Crippen LogP contribution in [0.5, 0.6) is 0 Å². The molecule has 0 aliphatic carbocycles. The number of aliphatic hydroxyl groups is 8. The third-order valence-corrected chi connectivity index (χ3v) is 5.68. The number of hydrogen-bond donors (Lipinski definition) is 10.